The molecule has 1 aliphatic carbocycles. The van der Waals surface area contributed by atoms with Crippen molar-refractivity contribution in [3.63, 3.8) is 0 Å². The van der Waals surface area contributed by atoms with Gasteiger partial charge in [0.2, 0.25) is 0 Å². The average Bonchev–Trinajstić information content (AvgIpc) is 2.85. The molecule has 0 bridgehead atoms. The predicted octanol–water partition coefficient (Wildman–Crippen LogP) is 2.36. The first-order valence-electron chi connectivity index (χ1n) is 4.79. The normalized spacial score (nSPS) is 20.8. The second kappa shape index (κ2) is 3.81. The highest BCUT2D eigenvalue weighted by atomic mass is 35.5. The summed E-state index contributed by atoms with van der Waals surface area (Å²) in [5.74, 6) is 0. The summed E-state index contributed by atoms with van der Waals surface area (Å²) in [4.78, 5) is 0.854. The van der Waals surface area contributed by atoms with Gasteiger partial charge in [0, 0.05) is 12.6 Å². The zero-order valence-corrected chi connectivity index (χ0v) is 9.66. The quantitative estimate of drug-likeness (QED) is 0.834. The van der Waals surface area contributed by atoms with Crippen LogP contribution in [-0.4, -0.2) is 17.7 Å². The molecule has 1 aromatic heterocycles. The molecule has 2 N–H and O–H groups in total. The summed E-state index contributed by atoms with van der Waals surface area (Å²) in [5.41, 5.74) is -0.839. The van der Waals surface area contributed by atoms with E-state index < -0.39 is 5.60 Å². The first-order valence-corrected chi connectivity index (χ1v) is 6.04. The molecular formula is C10H14ClNOS. The van der Waals surface area contributed by atoms with E-state index in [4.69, 9.17) is 11.6 Å². The lowest BCUT2D eigenvalue weighted by Gasteiger charge is -2.23. The fourth-order valence-corrected chi connectivity index (χ4v) is 2.71. The van der Waals surface area contributed by atoms with E-state index >= 15 is 0 Å². The second-order valence-electron chi connectivity index (χ2n) is 4.03. The molecule has 1 heterocycles. The van der Waals surface area contributed by atoms with Crippen LogP contribution in [0.4, 0.5) is 0 Å². The number of hydrogen-bond acceptors (Lipinski definition) is 3. The van der Waals surface area contributed by atoms with Crippen LogP contribution in [0, 0.1) is 0 Å². The SMILES string of the molecule is CC(O)(CNC1CC1)c1sccc1Cl. The molecule has 0 spiro atoms. The van der Waals surface area contributed by atoms with Gasteiger partial charge in [0.1, 0.15) is 5.60 Å². The van der Waals surface area contributed by atoms with Gasteiger partial charge in [-0.25, -0.2) is 0 Å². The fourth-order valence-electron chi connectivity index (χ4n) is 1.39. The molecule has 1 aliphatic rings. The number of hydrogen-bond donors (Lipinski definition) is 2. The fraction of sp³-hybridized carbons (Fsp3) is 0.600. The molecule has 1 fully saturated rings. The summed E-state index contributed by atoms with van der Waals surface area (Å²) >= 11 is 7.48. The zero-order valence-electron chi connectivity index (χ0n) is 8.09. The zero-order chi connectivity index (χ0) is 10.2. The smallest absolute Gasteiger partial charge is 0.110 e. The van der Waals surface area contributed by atoms with Gasteiger partial charge in [0.05, 0.1) is 9.90 Å². The van der Waals surface area contributed by atoms with Crippen LogP contribution in [0.3, 0.4) is 0 Å². The van der Waals surface area contributed by atoms with E-state index in [1.165, 1.54) is 24.2 Å². The van der Waals surface area contributed by atoms with E-state index in [-0.39, 0.29) is 0 Å². The lowest BCUT2D eigenvalue weighted by Crippen LogP contribution is -2.36. The third-order valence-corrected chi connectivity index (χ3v) is 4.01. The Hall–Kier alpha value is -0.0900. The van der Waals surface area contributed by atoms with Crippen molar-refractivity contribution >= 4 is 22.9 Å². The van der Waals surface area contributed by atoms with Gasteiger partial charge in [-0.2, -0.15) is 0 Å². The van der Waals surface area contributed by atoms with Crippen molar-refractivity contribution < 1.29 is 5.11 Å². The Kier molecular flexibility index (Phi) is 2.84. The molecule has 14 heavy (non-hydrogen) atoms. The number of rotatable bonds is 4. The van der Waals surface area contributed by atoms with Crippen molar-refractivity contribution in [1.82, 2.24) is 5.32 Å². The minimum atomic E-state index is -0.839. The summed E-state index contributed by atoms with van der Waals surface area (Å²) in [7, 11) is 0. The second-order valence-corrected chi connectivity index (χ2v) is 5.35. The maximum atomic E-state index is 10.2. The van der Waals surface area contributed by atoms with E-state index in [1.807, 2.05) is 11.4 Å². The average molecular weight is 232 g/mol. The van der Waals surface area contributed by atoms with Crippen molar-refractivity contribution in [2.45, 2.75) is 31.4 Å². The molecule has 0 aliphatic heterocycles. The van der Waals surface area contributed by atoms with Crippen LogP contribution < -0.4 is 5.32 Å². The first kappa shape index (κ1) is 10.4. The number of nitrogens with one attached hydrogen (secondary N) is 1. The van der Waals surface area contributed by atoms with Gasteiger partial charge in [-0.3, -0.25) is 0 Å². The minimum Gasteiger partial charge on any atom is -0.383 e. The highest BCUT2D eigenvalue weighted by Gasteiger charge is 2.30. The van der Waals surface area contributed by atoms with Crippen molar-refractivity contribution in [2.75, 3.05) is 6.54 Å². The highest BCUT2D eigenvalue weighted by Crippen LogP contribution is 2.33. The van der Waals surface area contributed by atoms with Crippen LogP contribution in [0.2, 0.25) is 5.02 Å². The molecule has 1 aromatic rings. The Morgan fingerprint density at radius 3 is 2.93 bits per heavy atom. The molecule has 0 aromatic carbocycles. The third-order valence-electron chi connectivity index (χ3n) is 2.42. The van der Waals surface area contributed by atoms with E-state index in [0.717, 1.165) is 4.88 Å². The lowest BCUT2D eigenvalue weighted by molar-refractivity contribution is 0.0605. The maximum Gasteiger partial charge on any atom is 0.110 e. The molecule has 0 radical (unpaired) electrons. The van der Waals surface area contributed by atoms with Crippen molar-refractivity contribution in [3.05, 3.63) is 21.3 Å². The summed E-state index contributed by atoms with van der Waals surface area (Å²) in [6.45, 7) is 2.39. The number of aliphatic hydroxyl groups is 1. The molecule has 1 atom stereocenters. The Labute approximate surface area is 92.9 Å². The van der Waals surface area contributed by atoms with Gasteiger partial charge in [-0.15, -0.1) is 11.3 Å². The largest absolute Gasteiger partial charge is 0.383 e. The van der Waals surface area contributed by atoms with Gasteiger partial charge in [-0.05, 0) is 31.2 Å². The summed E-state index contributed by atoms with van der Waals surface area (Å²) < 4.78 is 0. The summed E-state index contributed by atoms with van der Waals surface area (Å²) in [6.07, 6.45) is 2.46. The topological polar surface area (TPSA) is 32.3 Å². The first-order chi connectivity index (χ1) is 6.59. The number of halogens is 1. The number of thiophene rings is 1. The van der Waals surface area contributed by atoms with Crippen molar-refractivity contribution in [1.29, 1.82) is 0 Å². The highest BCUT2D eigenvalue weighted by molar-refractivity contribution is 7.10. The molecule has 2 rings (SSSR count). The van der Waals surface area contributed by atoms with Crippen molar-refractivity contribution in [2.24, 2.45) is 0 Å². The molecule has 4 heteroatoms. The van der Waals surface area contributed by atoms with Crippen molar-refractivity contribution in [3.8, 4) is 0 Å². The monoisotopic (exact) mass is 231 g/mol. The minimum absolute atomic E-state index is 0.581. The van der Waals surface area contributed by atoms with Gasteiger partial charge < -0.3 is 10.4 Å². The lowest BCUT2D eigenvalue weighted by atomic mass is 10.1. The Bertz CT molecular complexity index is 320. The predicted molar refractivity (Wildman–Crippen MR) is 59.9 cm³/mol. The van der Waals surface area contributed by atoms with Gasteiger partial charge in [0.15, 0.2) is 0 Å². The van der Waals surface area contributed by atoms with Crippen LogP contribution in [0.1, 0.15) is 24.6 Å². The maximum absolute atomic E-state index is 10.2. The van der Waals surface area contributed by atoms with Crippen LogP contribution >= 0.6 is 22.9 Å². The van der Waals surface area contributed by atoms with Gasteiger partial charge in [-0.1, -0.05) is 11.6 Å². The van der Waals surface area contributed by atoms with Gasteiger partial charge >= 0.3 is 0 Å². The Balaban J connectivity index is 2.02. The Morgan fingerprint density at radius 1 is 1.71 bits per heavy atom. The van der Waals surface area contributed by atoms with E-state index in [1.54, 1.807) is 6.92 Å². The summed E-state index contributed by atoms with van der Waals surface area (Å²) in [6, 6.07) is 2.44. The van der Waals surface area contributed by atoms with E-state index in [9.17, 15) is 5.11 Å². The van der Waals surface area contributed by atoms with Crippen LogP contribution in [-0.2, 0) is 5.60 Å². The van der Waals surface area contributed by atoms with E-state index in [2.05, 4.69) is 5.32 Å². The molecule has 1 unspecified atom stereocenters. The Morgan fingerprint density at radius 2 is 2.43 bits per heavy atom. The van der Waals surface area contributed by atoms with Gasteiger partial charge in [0.25, 0.3) is 0 Å². The molecule has 1 saturated carbocycles. The molecule has 0 saturated heterocycles. The molecule has 0 amide bonds. The van der Waals surface area contributed by atoms with E-state index in [0.29, 0.717) is 17.6 Å². The molecule has 2 nitrogen and oxygen atoms in total. The standard InChI is InChI=1S/C10H14ClNOS/c1-10(13,6-12-7-2-3-7)9-8(11)4-5-14-9/h4-5,7,12-13H,2-3,6H2,1H3. The third kappa shape index (κ3) is 2.28. The van der Waals surface area contributed by atoms with Crippen LogP contribution in [0.5, 0.6) is 0 Å². The summed E-state index contributed by atoms with van der Waals surface area (Å²) in [5, 5.41) is 16.1. The molecule has 78 valence electrons. The molecular weight excluding hydrogens is 218 g/mol. The van der Waals surface area contributed by atoms with Crippen LogP contribution in [0.15, 0.2) is 11.4 Å². The van der Waals surface area contributed by atoms with Crippen LogP contribution in [0.25, 0.3) is 0 Å².